The Morgan fingerprint density at radius 1 is 1.44 bits per heavy atom. The van der Waals surface area contributed by atoms with E-state index in [1.807, 2.05) is 22.6 Å². The lowest BCUT2D eigenvalue weighted by atomic mass is 10.3. The van der Waals surface area contributed by atoms with Gasteiger partial charge in [-0.05, 0) is 40.8 Å². The summed E-state index contributed by atoms with van der Waals surface area (Å²) in [4.78, 5) is 30.2. The van der Waals surface area contributed by atoms with Crippen molar-refractivity contribution in [3.05, 3.63) is 39.1 Å². The fraction of sp³-hybridized carbons (Fsp3) is 0.286. The predicted octanol–water partition coefficient (Wildman–Crippen LogP) is -0.521. The summed E-state index contributed by atoms with van der Waals surface area (Å²) in [5, 5.41) is 12.6. The number of aliphatic hydroxyl groups is 1. The number of carbonyl (C=O) groups excluding carboxylic acids is 2. The van der Waals surface area contributed by atoms with Gasteiger partial charge in [-0.3, -0.25) is 14.4 Å². The fourth-order valence-electron chi connectivity index (χ4n) is 2.35. The van der Waals surface area contributed by atoms with Crippen molar-refractivity contribution in [2.75, 3.05) is 25.6 Å². The van der Waals surface area contributed by atoms with Gasteiger partial charge in [0.25, 0.3) is 11.8 Å². The molecular formula is C14H17FIN5O4. The molecule has 1 aliphatic heterocycles. The van der Waals surface area contributed by atoms with Crippen LogP contribution >= 0.6 is 22.6 Å². The van der Waals surface area contributed by atoms with Gasteiger partial charge in [-0.2, -0.15) is 0 Å². The van der Waals surface area contributed by atoms with E-state index >= 15 is 0 Å². The zero-order valence-electron chi connectivity index (χ0n) is 13.2. The number of aliphatic hydroxyl groups excluding tert-OH is 1. The Balaban J connectivity index is 2.47. The smallest absolute Gasteiger partial charge is 0.271 e. The van der Waals surface area contributed by atoms with E-state index in [0.717, 1.165) is 5.06 Å². The Hall–Kier alpha value is -2.12. The van der Waals surface area contributed by atoms with Crippen LogP contribution in [0.1, 0.15) is 0 Å². The summed E-state index contributed by atoms with van der Waals surface area (Å²) >= 11 is 1.96. The Morgan fingerprint density at radius 2 is 2.12 bits per heavy atom. The van der Waals surface area contributed by atoms with Crippen LogP contribution < -0.4 is 16.8 Å². The number of nitrogens with zero attached hydrogens (tertiary/aromatic N) is 2. The van der Waals surface area contributed by atoms with Gasteiger partial charge in [-0.25, -0.2) is 9.45 Å². The van der Waals surface area contributed by atoms with Gasteiger partial charge in [0.1, 0.15) is 11.6 Å². The van der Waals surface area contributed by atoms with Crippen LogP contribution in [0.15, 0.2) is 29.7 Å². The molecule has 1 aromatic rings. The number of nitrogens with two attached hydrogens (primary N) is 2. The number of amides is 2. The lowest BCUT2D eigenvalue weighted by Crippen LogP contribution is -2.49. The molecule has 136 valence electrons. The topological polar surface area (TPSA) is 134 Å². The van der Waals surface area contributed by atoms with Crippen molar-refractivity contribution >= 4 is 40.1 Å². The first-order valence-corrected chi connectivity index (χ1v) is 8.17. The van der Waals surface area contributed by atoms with Crippen LogP contribution in [0.4, 0.5) is 10.1 Å². The molecule has 0 aromatic heterocycles. The van der Waals surface area contributed by atoms with Crippen molar-refractivity contribution in [3.8, 4) is 0 Å². The van der Waals surface area contributed by atoms with Crippen molar-refractivity contribution < 1.29 is 23.9 Å². The maximum Gasteiger partial charge on any atom is 0.271 e. The van der Waals surface area contributed by atoms with Crippen LogP contribution in [-0.2, 0) is 14.4 Å². The first-order chi connectivity index (χ1) is 11.8. The SMILES string of the molecule is CN1C(Nc2ccc(I)cc2F)=C(C(N)=O)N(OCCO)C1C(N)=O. The third-order valence-corrected chi connectivity index (χ3v) is 4.05. The maximum atomic E-state index is 14.1. The second-order valence-electron chi connectivity index (χ2n) is 5.08. The lowest BCUT2D eigenvalue weighted by molar-refractivity contribution is -0.184. The third kappa shape index (κ3) is 3.93. The fourth-order valence-corrected chi connectivity index (χ4v) is 2.80. The molecule has 0 bridgehead atoms. The lowest BCUT2D eigenvalue weighted by Gasteiger charge is -2.28. The molecule has 1 unspecified atom stereocenters. The Kier molecular flexibility index (Phi) is 6.02. The highest BCUT2D eigenvalue weighted by Crippen LogP contribution is 2.30. The average molecular weight is 465 g/mol. The van der Waals surface area contributed by atoms with Crippen LogP contribution in [-0.4, -0.2) is 53.3 Å². The summed E-state index contributed by atoms with van der Waals surface area (Å²) < 4.78 is 14.8. The molecule has 9 nitrogen and oxygen atoms in total. The van der Waals surface area contributed by atoms with Crippen molar-refractivity contribution in [1.82, 2.24) is 9.96 Å². The molecule has 11 heteroatoms. The minimum absolute atomic E-state index is 0.0503. The Labute approximate surface area is 156 Å². The first kappa shape index (κ1) is 19.2. The minimum atomic E-state index is -1.19. The van der Waals surface area contributed by atoms with E-state index in [9.17, 15) is 14.0 Å². The van der Waals surface area contributed by atoms with Gasteiger partial charge in [0.2, 0.25) is 6.17 Å². The summed E-state index contributed by atoms with van der Waals surface area (Å²) in [6.45, 7) is -0.550. The zero-order chi connectivity index (χ0) is 18.7. The average Bonchev–Trinajstić information content (AvgIpc) is 2.80. The number of hydrogen-bond acceptors (Lipinski definition) is 7. The number of nitrogens with one attached hydrogen (secondary N) is 1. The highest BCUT2D eigenvalue weighted by Gasteiger charge is 2.43. The molecule has 1 heterocycles. The second-order valence-corrected chi connectivity index (χ2v) is 6.33. The van der Waals surface area contributed by atoms with Gasteiger partial charge in [0.15, 0.2) is 5.70 Å². The van der Waals surface area contributed by atoms with Gasteiger partial charge in [-0.15, -0.1) is 0 Å². The molecule has 0 radical (unpaired) electrons. The molecular weight excluding hydrogens is 448 g/mol. The number of anilines is 1. The standard InChI is InChI=1S/C14H17FIN5O4/c1-20-13(19-9-3-2-7(16)6-8(9)15)10(11(17)23)21(25-5-4-22)14(20)12(18)24/h2-3,6,14,19,22H,4-5H2,1H3,(H2,17,23)(H2,18,24). The Bertz CT molecular complexity index is 729. The second kappa shape index (κ2) is 7.84. The maximum absolute atomic E-state index is 14.1. The molecule has 25 heavy (non-hydrogen) atoms. The largest absolute Gasteiger partial charge is 0.394 e. The van der Waals surface area contributed by atoms with Crippen LogP contribution in [0, 0.1) is 9.39 Å². The van der Waals surface area contributed by atoms with E-state index in [2.05, 4.69) is 5.32 Å². The summed E-state index contributed by atoms with van der Waals surface area (Å²) in [5.74, 6) is -2.24. The molecule has 0 aliphatic carbocycles. The normalized spacial score (nSPS) is 17.2. The highest BCUT2D eigenvalue weighted by atomic mass is 127. The van der Waals surface area contributed by atoms with Crippen molar-refractivity contribution in [2.45, 2.75) is 6.17 Å². The van der Waals surface area contributed by atoms with E-state index < -0.39 is 23.8 Å². The van der Waals surface area contributed by atoms with Crippen molar-refractivity contribution in [2.24, 2.45) is 11.5 Å². The predicted molar refractivity (Wildman–Crippen MR) is 94.6 cm³/mol. The number of primary amides is 2. The van der Waals surface area contributed by atoms with Gasteiger partial charge in [0.05, 0.1) is 18.9 Å². The minimum Gasteiger partial charge on any atom is -0.394 e. The summed E-state index contributed by atoms with van der Waals surface area (Å²) in [6, 6.07) is 4.44. The molecule has 1 aliphatic rings. The van der Waals surface area contributed by atoms with Crippen LogP contribution in [0.25, 0.3) is 0 Å². The van der Waals surface area contributed by atoms with E-state index in [0.29, 0.717) is 3.57 Å². The molecule has 2 rings (SSSR count). The molecule has 6 N–H and O–H groups in total. The first-order valence-electron chi connectivity index (χ1n) is 7.09. The third-order valence-electron chi connectivity index (χ3n) is 3.38. The van der Waals surface area contributed by atoms with E-state index in [-0.39, 0.29) is 30.4 Å². The molecule has 1 aromatic carbocycles. The van der Waals surface area contributed by atoms with E-state index in [1.165, 1.54) is 24.1 Å². The number of likely N-dealkylation sites (N-methyl/N-ethyl adjacent to an activating group) is 1. The van der Waals surface area contributed by atoms with Crippen molar-refractivity contribution in [3.63, 3.8) is 0 Å². The highest BCUT2D eigenvalue weighted by molar-refractivity contribution is 14.1. The number of carbonyl (C=O) groups is 2. The van der Waals surface area contributed by atoms with Gasteiger partial charge in [0, 0.05) is 10.6 Å². The number of halogens is 2. The summed E-state index contributed by atoms with van der Waals surface area (Å²) in [6.07, 6.45) is -1.19. The molecule has 0 saturated heterocycles. The monoisotopic (exact) mass is 465 g/mol. The van der Waals surface area contributed by atoms with Crippen molar-refractivity contribution in [1.29, 1.82) is 0 Å². The van der Waals surface area contributed by atoms with Gasteiger partial charge in [-0.1, -0.05) is 0 Å². The summed E-state index contributed by atoms with van der Waals surface area (Å²) in [5.41, 5.74) is 10.6. The number of rotatable bonds is 7. The number of hydroxylamine groups is 2. The van der Waals surface area contributed by atoms with Crippen LogP contribution in [0.5, 0.6) is 0 Å². The molecule has 0 saturated carbocycles. The van der Waals surface area contributed by atoms with E-state index in [1.54, 1.807) is 6.07 Å². The number of hydrogen-bond donors (Lipinski definition) is 4. The molecule has 1 atom stereocenters. The number of benzene rings is 1. The molecule has 2 amide bonds. The summed E-state index contributed by atoms with van der Waals surface area (Å²) in [7, 11) is 1.47. The van der Waals surface area contributed by atoms with E-state index in [4.69, 9.17) is 21.4 Å². The van der Waals surface area contributed by atoms with Gasteiger partial charge >= 0.3 is 0 Å². The van der Waals surface area contributed by atoms with Gasteiger partial charge < -0.3 is 26.8 Å². The van der Waals surface area contributed by atoms with Crippen LogP contribution in [0.3, 0.4) is 0 Å². The zero-order valence-corrected chi connectivity index (χ0v) is 15.4. The van der Waals surface area contributed by atoms with Crippen LogP contribution in [0.2, 0.25) is 0 Å². The molecule has 0 fully saturated rings. The Morgan fingerprint density at radius 3 is 2.64 bits per heavy atom. The quantitative estimate of drug-likeness (QED) is 0.398. The molecule has 0 spiro atoms.